The van der Waals surface area contributed by atoms with Crippen molar-refractivity contribution in [1.82, 2.24) is 0 Å². The van der Waals surface area contributed by atoms with E-state index in [-0.39, 0.29) is 5.78 Å². The molecule has 0 radical (unpaired) electrons. The van der Waals surface area contributed by atoms with E-state index in [1.165, 1.54) is 5.56 Å². The molecule has 2 aromatic carbocycles. The average molecular weight is 366 g/mol. The predicted octanol–water partition coefficient (Wildman–Crippen LogP) is 3.86. The third kappa shape index (κ3) is 2.65. The van der Waals surface area contributed by atoms with Crippen LogP contribution >= 0.6 is 0 Å². The van der Waals surface area contributed by atoms with Crippen LogP contribution < -0.4 is 18.9 Å². The lowest BCUT2D eigenvalue weighted by atomic mass is 9.98. The zero-order chi connectivity index (χ0) is 19.1. The van der Waals surface area contributed by atoms with Crippen molar-refractivity contribution in [3.05, 3.63) is 52.1 Å². The maximum atomic E-state index is 13.1. The van der Waals surface area contributed by atoms with Gasteiger partial charge in [-0.1, -0.05) is 0 Å². The van der Waals surface area contributed by atoms with Crippen molar-refractivity contribution in [3.63, 3.8) is 0 Å². The lowest BCUT2D eigenvalue weighted by Crippen LogP contribution is -2.00. The molecule has 5 heteroatoms. The first kappa shape index (κ1) is 17.5. The van der Waals surface area contributed by atoms with Gasteiger partial charge in [0.05, 0.1) is 28.4 Å². The SMILES string of the molecule is COc1cc2c(cc1OC)C(=O)/C(=C1/CCc3cc(OC)c(OC)cc31)C2. The van der Waals surface area contributed by atoms with Gasteiger partial charge in [0.15, 0.2) is 28.8 Å². The highest BCUT2D eigenvalue weighted by Crippen LogP contribution is 2.45. The van der Waals surface area contributed by atoms with E-state index in [4.69, 9.17) is 18.9 Å². The second kappa shape index (κ2) is 6.65. The standard InChI is InChI=1S/C22H22O5/c1-24-18-8-12-5-6-14(15(12)10-20(18)26-3)17-7-13-9-19(25-2)21(27-4)11-16(13)22(17)23/h8-11H,5-7H2,1-4H3/b17-14-. The third-order valence-corrected chi connectivity index (χ3v) is 5.44. The van der Waals surface area contributed by atoms with Crippen LogP contribution in [0.25, 0.3) is 5.57 Å². The van der Waals surface area contributed by atoms with Crippen LogP contribution in [0.5, 0.6) is 23.0 Å². The maximum Gasteiger partial charge on any atom is 0.190 e. The number of benzene rings is 2. The summed E-state index contributed by atoms with van der Waals surface area (Å²) in [7, 11) is 6.45. The van der Waals surface area contributed by atoms with E-state index in [1.54, 1.807) is 34.5 Å². The minimum Gasteiger partial charge on any atom is -0.493 e. The number of carbonyl (C=O) groups excluding carboxylic acids is 1. The number of allylic oxidation sites excluding steroid dienone is 2. The number of hydrogen-bond donors (Lipinski definition) is 0. The van der Waals surface area contributed by atoms with Crippen LogP contribution in [0.2, 0.25) is 0 Å². The molecule has 2 aromatic rings. The molecule has 0 aliphatic heterocycles. The smallest absolute Gasteiger partial charge is 0.190 e. The van der Waals surface area contributed by atoms with E-state index in [9.17, 15) is 4.79 Å². The van der Waals surface area contributed by atoms with E-state index in [1.807, 2.05) is 18.2 Å². The molecule has 0 saturated heterocycles. The van der Waals surface area contributed by atoms with Crippen LogP contribution in [-0.4, -0.2) is 34.2 Å². The quantitative estimate of drug-likeness (QED) is 0.769. The van der Waals surface area contributed by atoms with Gasteiger partial charge in [-0.05, 0) is 59.4 Å². The van der Waals surface area contributed by atoms with Gasteiger partial charge in [-0.25, -0.2) is 0 Å². The zero-order valence-corrected chi connectivity index (χ0v) is 16.0. The Labute approximate surface area is 158 Å². The van der Waals surface area contributed by atoms with E-state index < -0.39 is 0 Å². The van der Waals surface area contributed by atoms with Crippen LogP contribution in [0, 0.1) is 0 Å². The van der Waals surface area contributed by atoms with Gasteiger partial charge in [0.1, 0.15) is 0 Å². The van der Waals surface area contributed by atoms with Gasteiger partial charge in [-0.2, -0.15) is 0 Å². The Bertz CT molecular complexity index is 971. The molecule has 5 nitrogen and oxygen atoms in total. The second-order valence-electron chi connectivity index (χ2n) is 6.69. The first-order valence-electron chi connectivity index (χ1n) is 8.88. The van der Waals surface area contributed by atoms with Crippen molar-refractivity contribution < 1.29 is 23.7 Å². The summed E-state index contributed by atoms with van der Waals surface area (Å²) in [5.41, 5.74) is 5.91. The molecule has 0 spiro atoms. The van der Waals surface area contributed by atoms with Crippen molar-refractivity contribution in [1.29, 1.82) is 0 Å². The zero-order valence-electron chi connectivity index (χ0n) is 16.0. The number of carbonyl (C=O) groups is 1. The normalized spacial score (nSPS) is 17.6. The topological polar surface area (TPSA) is 54.0 Å². The summed E-state index contributed by atoms with van der Waals surface area (Å²) < 4.78 is 21.6. The maximum absolute atomic E-state index is 13.1. The van der Waals surface area contributed by atoms with Gasteiger partial charge < -0.3 is 18.9 Å². The van der Waals surface area contributed by atoms with Crippen molar-refractivity contribution in [2.45, 2.75) is 19.3 Å². The Morgan fingerprint density at radius 3 is 1.74 bits per heavy atom. The van der Waals surface area contributed by atoms with E-state index in [2.05, 4.69) is 0 Å². The molecule has 0 atom stereocenters. The number of ketones is 1. The second-order valence-corrected chi connectivity index (χ2v) is 6.69. The molecule has 0 amide bonds. The lowest BCUT2D eigenvalue weighted by molar-refractivity contribution is 0.103. The van der Waals surface area contributed by atoms with Crippen LogP contribution in [0.4, 0.5) is 0 Å². The van der Waals surface area contributed by atoms with Gasteiger partial charge >= 0.3 is 0 Å². The monoisotopic (exact) mass is 366 g/mol. The molecule has 0 bridgehead atoms. The summed E-state index contributed by atoms with van der Waals surface area (Å²) in [6, 6.07) is 7.69. The highest BCUT2D eigenvalue weighted by Gasteiger charge is 2.32. The van der Waals surface area contributed by atoms with Gasteiger partial charge in [0.2, 0.25) is 0 Å². The highest BCUT2D eigenvalue weighted by molar-refractivity contribution is 6.18. The molecule has 2 aliphatic carbocycles. The van der Waals surface area contributed by atoms with Gasteiger partial charge in [0.25, 0.3) is 0 Å². The summed E-state index contributed by atoms with van der Waals surface area (Å²) in [4.78, 5) is 13.1. The van der Waals surface area contributed by atoms with Crippen molar-refractivity contribution in [2.24, 2.45) is 0 Å². The first-order chi connectivity index (χ1) is 13.1. The van der Waals surface area contributed by atoms with Crippen molar-refractivity contribution in [3.8, 4) is 23.0 Å². The molecule has 27 heavy (non-hydrogen) atoms. The Morgan fingerprint density at radius 1 is 0.630 bits per heavy atom. The highest BCUT2D eigenvalue weighted by atomic mass is 16.5. The number of ether oxygens (including phenoxy) is 4. The van der Waals surface area contributed by atoms with Crippen molar-refractivity contribution in [2.75, 3.05) is 28.4 Å². The number of rotatable bonds is 4. The number of Topliss-reactive ketones (excluding diaryl/α,β-unsaturated/α-hetero) is 1. The van der Waals surface area contributed by atoms with Crippen LogP contribution in [0.15, 0.2) is 29.8 Å². The molecule has 2 aliphatic rings. The molecule has 0 unspecified atom stereocenters. The number of fused-ring (bicyclic) bond motifs is 2. The molecule has 140 valence electrons. The predicted molar refractivity (Wildman–Crippen MR) is 102 cm³/mol. The Hall–Kier alpha value is -2.95. The molecule has 0 heterocycles. The largest absolute Gasteiger partial charge is 0.493 e. The lowest BCUT2D eigenvalue weighted by Gasteiger charge is -2.11. The summed E-state index contributed by atoms with van der Waals surface area (Å²) in [5.74, 6) is 2.70. The Balaban J connectivity index is 1.82. The summed E-state index contributed by atoms with van der Waals surface area (Å²) in [5, 5.41) is 0. The molecular formula is C22H22O5. The molecule has 0 aromatic heterocycles. The molecule has 0 fully saturated rings. The first-order valence-corrected chi connectivity index (χ1v) is 8.88. The third-order valence-electron chi connectivity index (χ3n) is 5.44. The summed E-state index contributed by atoms with van der Waals surface area (Å²) >= 11 is 0. The Morgan fingerprint density at radius 2 is 1.15 bits per heavy atom. The fourth-order valence-electron chi connectivity index (χ4n) is 4.07. The molecule has 0 N–H and O–H groups in total. The van der Waals surface area contributed by atoms with Crippen molar-refractivity contribution >= 4 is 11.4 Å². The number of aryl methyl sites for hydroxylation is 1. The minimum absolute atomic E-state index is 0.0728. The van der Waals surface area contributed by atoms with Gasteiger partial charge in [0, 0.05) is 17.6 Å². The summed E-state index contributed by atoms with van der Waals surface area (Å²) in [6.45, 7) is 0. The fraction of sp³-hybridized carbons (Fsp3) is 0.318. The van der Waals surface area contributed by atoms with E-state index in [0.29, 0.717) is 29.2 Å². The van der Waals surface area contributed by atoms with Crippen LogP contribution in [-0.2, 0) is 12.8 Å². The Kier molecular flexibility index (Phi) is 4.30. The molecule has 4 rings (SSSR count). The van der Waals surface area contributed by atoms with Gasteiger partial charge in [-0.3, -0.25) is 4.79 Å². The van der Waals surface area contributed by atoms with Gasteiger partial charge in [-0.15, -0.1) is 0 Å². The fourth-order valence-corrected chi connectivity index (χ4v) is 4.07. The molecular weight excluding hydrogens is 344 g/mol. The summed E-state index contributed by atoms with van der Waals surface area (Å²) in [6.07, 6.45) is 2.34. The minimum atomic E-state index is 0.0728. The van der Waals surface area contributed by atoms with Crippen LogP contribution in [0.3, 0.4) is 0 Å². The van der Waals surface area contributed by atoms with Crippen LogP contribution in [0.1, 0.15) is 33.5 Å². The van der Waals surface area contributed by atoms with E-state index in [0.717, 1.165) is 40.9 Å². The average Bonchev–Trinajstić information content (AvgIpc) is 3.25. The number of methoxy groups -OCH3 is 4. The number of hydrogen-bond acceptors (Lipinski definition) is 5. The van der Waals surface area contributed by atoms with E-state index >= 15 is 0 Å². The molecule has 0 saturated carbocycles.